The van der Waals surface area contributed by atoms with Gasteiger partial charge in [0, 0.05) is 19.1 Å². The molecule has 0 saturated carbocycles. The van der Waals surface area contributed by atoms with E-state index in [1.807, 2.05) is 0 Å². The second kappa shape index (κ2) is 5.96. The number of hydrogen-bond donors (Lipinski definition) is 1. The lowest BCUT2D eigenvalue weighted by Gasteiger charge is -2.34. The van der Waals surface area contributed by atoms with E-state index in [4.69, 9.17) is 0 Å². The van der Waals surface area contributed by atoms with Crippen LogP contribution in [-0.4, -0.2) is 47.4 Å². The molecule has 0 aromatic heterocycles. The predicted molar refractivity (Wildman–Crippen MR) is 89.1 cm³/mol. The third-order valence-electron chi connectivity index (χ3n) is 4.99. The van der Waals surface area contributed by atoms with Crippen molar-refractivity contribution in [2.24, 2.45) is 0 Å². The number of fused-ring (bicyclic) bond motifs is 1. The fraction of sp³-hybridized carbons (Fsp3) is 0.556. The number of nitrogens with one attached hydrogen (secondary N) is 1. The Morgan fingerprint density at radius 3 is 2.74 bits per heavy atom. The highest BCUT2D eigenvalue weighted by Gasteiger charge is 2.44. The smallest absolute Gasteiger partial charge is 0.324 e. The number of nitrogens with zero attached hydrogens (tertiary/aromatic N) is 2. The Hall–Kier alpha value is -1.88. The summed E-state index contributed by atoms with van der Waals surface area (Å²) >= 11 is 0. The second-order valence-corrected chi connectivity index (χ2v) is 7.10. The maximum absolute atomic E-state index is 12.2. The average Bonchev–Trinajstić information content (AvgIpc) is 2.72. The highest BCUT2D eigenvalue weighted by atomic mass is 16.2. The molecule has 1 aliphatic carbocycles. The zero-order valence-corrected chi connectivity index (χ0v) is 14.1. The molecule has 0 unspecified atom stereocenters. The molecule has 0 radical (unpaired) electrons. The lowest BCUT2D eigenvalue weighted by molar-refractivity contribution is -0.130. The minimum atomic E-state index is -0.785. The van der Waals surface area contributed by atoms with Crippen LogP contribution in [-0.2, 0) is 11.2 Å². The molecule has 0 bridgehead atoms. The number of likely N-dealkylation sites (N-methyl/N-ethyl adjacent to an activating group) is 1. The van der Waals surface area contributed by atoms with Crippen LogP contribution in [0.3, 0.4) is 0 Å². The highest BCUT2D eigenvalue weighted by molar-refractivity contribution is 6.06. The fourth-order valence-electron chi connectivity index (χ4n) is 3.62. The van der Waals surface area contributed by atoms with Gasteiger partial charge >= 0.3 is 6.03 Å². The molecule has 3 rings (SSSR count). The van der Waals surface area contributed by atoms with E-state index < -0.39 is 5.54 Å². The first-order valence-corrected chi connectivity index (χ1v) is 8.32. The SMILES string of the molecule is CN(CCN1C(=O)NC(C)(C)C1=O)[C@H]1CCCc2ccccc21. The van der Waals surface area contributed by atoms with E-state index in [-0.39, 0.29) is 11.9 Å². The maximum atomic E-state index is 12.2. The average molecular weight is 315 g/mol. The summed E-state index contributed by atoms with van der Waals surface area (Å²) in [6.45, 7) is 4.61. The summed E-state index contributed by atoms with van der Waals surface area (Å²) in [4.78, 5) is 27.8. The number of urea groups is 1. The molecule has 1 N–H and O–H groups in total. The topological polar surface area (TPSA) is 52.6 Å². The van der Waals surface area contributed by atoms with Crippen LogP contribution >= 0.6 is 0 Å². The van der Waals surface area contributed by atoms with Gasteiger partial charge < -0.3 is 5.32 Å². The van der Waals surface area contributed by atoms with Crippen LogP contribution in [0.4, 0.5) is 4.79 Å². The summed E-state index contributed by atoms with van der Waals surface area (Å²) in [6.07, 6.45) is 3.45. The van der Waals surface area contributed by atoms with Gasteiger partial charge in [-0.1, -0.05) is 24.3 Å². The summed E-state index contributed by atoms with van der Waals surface area (Å²) in [6, 6.07) is 8.68. The van der Waals surface area contributed by atoms with Crippen LogP contribution in [0.5, 0.6) is 0 Å². The fourth-order valence-corrected chi connectivity index (χ4v) is 3.62. The Labute approximate surface area is 137 Å². The molecule has 1 fully saturated rings. The summed E-state index contributed by atoms with van der Waals surface area (Å²) in [5.41, 5.74) is 2.03. The van der Waals surface area contributed by atoms with Gasteiger partial charge in [0.15, 0.2) is 0 Å². The van der Waals surface area contributed by atoms with Crippen LogP contribution in [0.1, 0.15) is 43.9 Å². The molecule has 1 aliphatic heterocycles. The largest absolute Gasteiger partial charge is 0.325 e. The van der Waals surface area contributed by atoms with Gasteiger partial charge in [0.25, 0.3) is 5.91 Å². The van der Waals surface area contributed by atoms with Crippen molar-refractivity contribution in [2.45, 2.75) is 44.7 Å². The van der Waals surface area contributed by atoms with E-state index in [1.54, 1.807) is 13.8 Å². The number of carbonyl (C=O) groups is 2. The monoisotopic (exact) mass is 315 g/mol. The van der Waals surface area contributed by atoms with Crippen molar-refractivity contribution in [2.75, 3.05) is 20.1 Å². The molecule has 2 aliphatic rings. The van der Waals surface area contributed by atoms with Gasteiger partial charge in [-0.25, -0.2) is 4.79 Å². The van der Waals surface area contributed by atoms with Crippen LogP contribution in [0.2, 0.25) is 0 Å². The number of amides is 3. The molecule has 23 heavy (non-hydrogen) atoms. The van der Waals surface area contributed by atoms with Gasteiger partial charge in [0.1, 0.15) is 5.54 Å². The molecule has 124 valence electrons. The summed E-state index contributed by atoms with van der Waals surface area (Å²) in [5, 5.41) is 2.73. The standard InChI is InChI=1S/C18H25N3O2/c1-18(2)16(22)21(17(23)19-18)12-11-20(3)15-10-6-8-13-7-4-5-9-14(13)15/h4-5,7,9,15H,6,8,10-12H2,1-3H3,(H,19,23)/t15-/m0/s1. The molecular weight excluding hydrogens is 290 g/mol. The molecule has 1 saturated heterocycles. The number of benzene rings is 1. The van der Waals surface area contributed by atoms with Crippen molar-refractivity contribution >= 4 is 11.9 Å². The van der Waals surface area contributed by atoms with Gasteiger partial charge in [-0.3, -0.25) is 14.6 Å². The molecule has 1 aromatic rings. The van der Waals surface area contributed by atoms with Crippen LogP contribution in [0, 0.1) is 0 Å². The van der Waals surface area contributed by atoms with E-state index in [0.717, 1.165) is 12.8 Å². The Morgan fingerprint density at radius 2 is 2.04 bits per heavy atom. The summed E-state index contributed by atoms with van der Waals surface area (Å²) in [7, 11) is 2.08. The lowest BCUT2D eigenvalue weighted by Crippen LogP contribution is -2.42. The minimum Gasteiger partial charge on any atom is -0.324 e. The normalized spacial score (nSPS) is 23.1. The van der Waals surface area contributed by atoms with Crippen molar-refractivity contribution in [3.63, 3.8) is 0 Å². The van der Waals surface area contributed by atoms with Gasteiger partial charge in [-0.15, -0.1) is 0 Å². The van der Waals surface area contributed by atoms with Gasteiger partial charge in [0.2, 0.25) is 0 Å². The quantitative estimate of drug-likeness (QED) is 0.868. The molecule has 1 atom stereocenters. The maximum Gasteiger partial charge on any atom is 0.325 e. The first-order chi connectivity index (χ1) is 10.9. The Morgan fingerprint density at radius 1 is 1.30 bits per heavy atom. The first kappa shape index (κ1) is 16.0. The highest BCUT2D eigenvalue weighted by Crippen LogP contribution is 2.33. The van der Waals surface area contributed by atoms with Gasteiger partial charge in [-0.2, -0.15) is 0 Å². The van der Waals surface area contributed by atoms with Crippen molar-refractivity contribution < 1.29 is 9.59 Å². The zero-order chi connectivity index (χ0) is 16.6. The lowest BCUT2D eigenvalue weighted by atomic mass is 9.87. The first-order valence-electron chi connectivity index (χ1n) is 8.32. The number of hydrogen-bond acceptors (Lipinski definition) is 3. The molecule has 1 aromatic carbocycles. The number of rotatable bonds is 4. The minimum absolute atomic E-state index is 0.139. The Kier molecular flexibility index (Phi) is 4.15. The van der Waals surface area contributed by atoms with Crippen LogP contribution in [0.25, 0.3) is 0 Å². The van der Waals surface area contributed by atoms with E-state index in [0.29, 0.717) is 19.1 Å². The molecule has 5 heteroatoms. The van der Waals surface area contributed by atoms with Gasteiger partial charge in [-0.05, 0) is 51.3 Å². The third kappa shape index (κ3) is 2.98. The third-order valence-corrected chi connectivity index (χ3v) is 4.99. The number of imide groups is 1. The van der Waals surface area contributed by atoms with E-state index in [9.17, 15) is 9.59 Å². The summed E-state index contributed by atoms with van der Waals surface area (Å²) < 4.78 is 0. The molecule has 3 amide bonds. The number of aryl methyl sites for hydroxylation is 1. The van der Waals surface area contributed by atoms with E-state index >= 15 is 0 Å². The summed E-state index contributed by atoms with van der Waals surface area (Å²) in [5.74, 6) is -0.139. The van der Waals surface area contributed by atoms with Crippen molar-refractivity contribution in [3.8, 4) is 0 Å². The van der Waals surface area contributed by atoms with Crippen LogP contribution in [0.15, 0.2) is 24.3 Å². The Balaban J connectivity index is 1.66. The molecule has 1 heterocycles. The van der Waals surface area contributed by atoms with Gasteiger partial charge in [0.05, 0.1) is 0 Å². The zero-order valence-electron chi connectivity index (χ0n) is 14.1. The van der Waals surface area contributed by atoms with E-state index in [1.165, 1.54) is 22.4 Å². The predicted octanol–water partition coefficient (Wildman–Crippen LogP) is 2.33. The molecule has 0 spiro atoms. The number of carbonyl (C=O) groups excluding carboxylic acids is 2. The molecular formula is C18H25N3O2. The van der Waals surface area contributed by atoms with Crippen molar-refractivity contribution in [1.82, 2.24) is 15.1 Å². The van der Waals surface area contributed by atoms with Crippen molar-refractivity contribution in [1.29, 1.82) is 0 Å². The van der Waals surface area contributed by atoms with E-state index in [2.05, 4.69) is 41.5 Å². The van der Waals surface area contributed by atoms with Crippen molar-refractivity contribution in [3.05, 3.63) is 35.4 Å². The van der Waals surface area contributed by atoms with Crippen LogP contribution < -0.4 is 5.32 Å². The second-order valence-electron chi connectivity index (χ2n) is 7.10. The molecule has 5 nitrogen and oxygen atoms in total. The Bertz CT molecular complexity index is 626.